The fourth-order valence-corrected chi connectivity index (χ4v) is 10.6. The lowest BCUT2D eigenvalue weighted by Gasteiger charge is -2.38. The molecule has 0 amide bonds. The minimum Gasteiger partial charge on any atom is -0.364 e. The molecule has 2 nitrogen and oxygen atoms in total. The molecular weight excluding hydrogens is 605 g/mol. The number of anilines is 2. The number of fused-ring (bicyclic) bond motifs is 6. The predicted molar refractivity (Wildman–Crippen MR) is 209 cm³/mol. The first-order chi connectivity index (χ1) is 24.8. The number of allylic oxidation sites excluding steroid dienone is 5. The van der Waals surface area contributed by atoms with Crippen molar-refractivity contribution in [1.29, 1.82) is 0 Å². The molecule has 6 aliphatic rings. The van der Waals surface area contributed by atoms with Crippen molar-refractivity contribution in [2.75, 3.05) is 9.80 Å². The van der Waals surface area contributed by atoms with Crippen LogP contribution in [0.25, 0.3) is 22.3 Å². The molecule has 9 unspecified atom stereocenters. The minimum absolute atomic E-state index is 0.386. The zero-order valence-electron chi connectivity index (χ0n) is 28.7. The van der Waals surface area contributed by atoms with Gasteiger partial charge in [0, 0.05) is 59.1 Å². The topological polar surface area (TPSA) is 6.48 Å². The molecule has 0 aromatic heterocycles. The quantitative estimate of drug-likeness (QED) is 0.198. The van der Waals surface area contributed by atoms with Crippen molar-refractivity contribution in [2.24, 2.45) is 29.6 Å². The number of nitrogens with zero attached hydrogens (tertiary/aromatic N) is 2. The molecule has 9 atom stereocenters. The van der Waals surface area contributed by atoms with Gasteiger partial charge in [-0.05, 0) is 84.2 Å². The molecule has 2 fully saturated rings. The second-order valence-corrected chi connectivity index (χ2v) is 15.4. The van der Waals surface area contributed by atoms with E-state index < -0.39 is 0 Å². The largest absolute Gasteiger partial charge is 0.364 e. The van der Waals surface area contributed by atoms with Crippen LogP contribution in [0.3, 0.4) is 0 Å². The first kappa shape index (κ1) is 30.0. The van der Waals surface area contributed by atoms with E-state index in [1.54, 1.807) is 0 Å². The third-order valence-corrected chi connectivity index (χ3v) is 12.9. The first-order valence-electron chi connectivity index (χ1n) is 19.1. The van der Waals surface area contributed by atoms with Crippen LogP contribution in [-0.4, -0.2) is 24.2 Å². The molecule has 4 aliphatic carbocycles. The fourth-order valence-electron chi connectivity index (χ4n) is 10.6. The Hall–Kier alpha value is -4.82. The molecule has 0 spiro atoms. The van der Waals surface area contributed by atoms with Gasteiger partial charge in [-0.2, -0.15) is 0 Å². The highest BCUT2D eigenvalue weighted by atomic mass is 15.2. The Morgan fingerprint density at radius 1 is 0.440 bits per heavy atom. The highest BCUT2D eigenvalue weighted by molar-refractivity contribution is 5.69. The average molecular weight is 651 g/mol. The normalized spacial score (nSPS) is 31.9. The molecule has 0 N–H and O–H groups in total. The molecule has 2 saturated heterocycles. The predicted octanol–water partition coefficient (Wildman–Crippen LogP) is 11.1. The maximum atomic E-state index is 2.84. The van der Waals surface area contributed by atoms with E-state index in [2.05, 4.69) is 174 Å². The van der Waals surface area contributed by atoms with Crippen LogP contribution in [0.2, 0.25) is 0 Å². The zero-order chi connectivity index (χ0) is 33.0. The van der Waals surface area contributed by atoms with Crippen LogP contribution in [0.5, 0.6) is 0 Å². The molecule has 0 radical (unpaired) electrons. The van der Waals surface area contributed by atoms with Crippen molar-refractivity contribution in [3.05, 3.63) is 169 Å². The van der Waals surface area contributed by atoms with E-state index in [1.165, 1.54) is 71.3 Å². The smallest absolute Gasteiger partial charge is 0.0551 e. The SMILES string of the molecule is C1=CC2C3C=CC(C4C=CC5C6C=CCCC6N(c6ccc(-c7ccccc7)cc6)C5C4)=CC3N(c3ccc(-c4ccccc4)cc3)C2CC1. The van der Waals surface area contributed by atoms with Crippen LogP contribution in [-0.2, 0) is 0 Å². The first-order valence-corrected chi connectivity index (χ1v) is 19.1. The van der Waals surface area contributed by atoms with Gasteiger partial charge in [-0.15, -0.1) is 0 Å². The Bertz CT molecular complexity index is 1980. The Morgan fingerprint density at radius 2 is 0.960 bits per heavy atom. The van der Waals surface area contributed by atoms with E-state index in [1.807, 2.05) is 0 Å². The van der Waals surface area contributed by atoms with E-state index in [4.69, 9.17) is 0 Å². The summed E-state index contributed by atoms with van der Waals surface area (Å²) in [6.07, 6.45) is 28.9. The fraction of sp³-hybridized carbons (Fsp3) is 0.292. The van der Waals surface area contributed by atoms with Crippen LogP contribution in [0, 0.1) is 29.6 Å². The van der Waals surface area contributed by atoms with Crippen LogP contribution >= 0.6 is 0 Å². The molecule has 0 saturated carbocycles. The van der Waals surface area contributed by atoms with Crippen molar-refractivity contribution >= 4 is 11.4 Å². The summed E-state index contributed by atoms with van der Waals surface area (Å²) in [4.78, 5) is 5.64. The highest BCUT2D eigenvalue weighted by Crippen LogP contribution is 2.51. The zero-order valence-corrected chi connectivity index (χ0v) is 28.7. The second kappa shape index (κ2) is 12.5. The summed E-state index contributed by atoms with van der Waals surface area (Å²) in [6.45, 7) is 0. The van der Waals surface area contributed by atoms with Gasteiger partial charge in [0.1, 0.15) is 0 Å². The average Bonchev–Trinajstić information content (AvgIpc) is 3.71. The molecule has 0 bridgehead atoms. The third kappa shape index (κ3) is 5.06. The summed E-state index contributed by atoms with van der Waals surface area (Å²) in [5.41, 5.74) is 9.42. The molecular formula is C48H46N2. The van der Waals surface area contributed by atoms with Gasteiger partial charge in [-0.1, -0.05) is 140 Å². The van der Waals surface area contributed by atoms with Crippen LogP contribution in [0.4, 0.5) is 11.4 Å². The Labute approximate surface area is 297 Å². The Balaban J connectivity index is 0.957. The van der Waals surface area contributed by atoms with Crippen molar-refractivity contribution < 1.29 is 0 Å². The number of hydrogen-bond donors (Lipinski definition) is 0. The van der Waals surface area contributed by atoms with Crippen LogP contribution in [0.1, 0.15) is 32.1 Å². The molecule has 4 aromatic carbocycles. The van der Waals surface area contributed by atoms with Gasteiger partial charge in [-0.3, -0.25) is 0 Å². The highest BCUT2D eigenvalue weighted by Gasteiger charge is 2.50. The molecule has 2 heteroatoms. The van der Waals surface area contributed by atoms with Crippen LogP contribution < -0.4 is 9.80 Å². The van der Waals surface area contributed by atoms with E-state index in [0.717, 1.165) is 0 Å². The molecule has 2 aliphatic heterocycles. The maximum Gasteiger partial charge on any atom is 0.0551 e. The van der Waals surface area contributed by atoms with Gasteiger partial charge in [0.2, 0.25) is 0 Å². The number of benzene rings is 4. The second-order valence-electron chi connectivity index (χ2n) is 15.4. The van der Waals surface area contributed by atoms with E-state index in [-0.39, 0.29) is 0 Å². The van der Waals surface area contributed by atoms with Crippen molar-refractivity contribution in [2.45, 2.75) is 56.3 Å². The summed E-state index contributed by atoms with van der Waals surface area (Å²) in [5.74, 6) is 2.69. The lowest BCUT2D eigenvalue weighted by atomic mass is 9.73. The maximum absolute atomic E-state index is 2.84. The van der Waals surface area contributed by atoms with Gasteiger partial charge >= 0.3 is 0 Å². The summed E-state index contributed by atoms with van der Waals surface area (Å²) in [6, 6.07) is 42.5. The van der Waals surface area contributed by atoms with Gasteiger partial charge in [-0.25, -0.2) is 0 Å². The lowest BCUT2D eigenvalue weighted by Crippen LogP contribution is -2.41. The molecule has 4 aromatic rings. The lowest BCUT2D eigenvalue weighted by molar-refractivity contribution is 0.411. The standard InChI is InChI=1S/C48H46N2/c1-3-11-33(12-4-1)35-19-25-39(26-20-35)49-45-17-9-7-15-41(45)43-29-23-37(31-47(43)49)38-24-30-44-42-16-8-10-18-46(42)50(48(44)32-38)40-27-21-36(22-28-40)34-13-5-2-6-14-34/h1-8,11-16,19-31,38,41-48H,9-10,17-18,32H2. The monoisotopic (exact) mass is 650 g/mol. The molecule has 10 rings (SSSR count). The van der Waals surface area contributed by atoms with E-state index in [0.29, 0.717) is 53.8 Å². The summed E-state index contributed by atoms with van der Waals surface area (Å²) < 4.78 is 0. The summed E-state index contributed by atoms with van der Waals surface area (Å²) in [7, 11) is 0. The van der Waals surface area contributed by atoms with Crippen LogP contribution in [0.15, 0.2) is 169 Å². The summed E-state index contributed by atoms with van der Waals surface area (Å²) in [5, 5.41) is 0. The van der Waals surface area contributed by atoms with E-state index in [9.17, 15) is 0 Å². The molecule has 2 heterocycles. The third-order valence-electron chi connectivity index (χ3n) is 12.9. The van der Waals surface area contributed by atoms with Gasteiger partial charge in [0.15, 0.2) is 0 Å². The van der Waals surface area contributed by atoms with Crippen molar-refractivity contribution in [3.63, 3.8) is 0 Å². The van der Waals surface area contributed by atoms with Crippen molar-refractivity contribution in [3.8, 4) is 22.3 Å². The van der Waals surface area contributed by atoms with Crippen molar-refractivity contribution in [1.82, 2.24) is 0 Å². The Kier molecular flexibility index (Phi) is 7.51. The summed E-state index contributed by atoms with van der Waals surface area (Å²) >= 11 is 0. The molecule has 50 heavy (non-hydrogen) atoms. The number of rotatable bonds is 5. The molecule has 248 valence electrons. The number of hydrogen-bond acceptors (Lipinski definition) is 2. The van der Waals surface area contributed by atoms with Gasteiger partial charge < -0.3 is 9.80 Å². The van der Waals surface area contributed by atoms with E-state index >= 15 is 0 Å². The van der Waals surface area contributed by atoms with Gasteiger partial charge in [0.05, 0.1) is 6.04 Å². The Morgan fingerprint density at radius 3 is 1.58 bits per heavy atom. The van der Waals surface area contributed by atoms with Gasteiger partial charge in [0.25, 0.3) is 0 Å². The minimum atomic E-state index is 0.386.